The lowest BCUT2D eigenvalue weighted by Crippen LogP contribution is -2.18. The minimum absolute atomic E-state index is 0.118. The second-order valence-corrected chi connectivity index (χ2v) is 7.14. The van der Waals surface area contributed by atoms with Gasteiger partial charge in [0, 0.05) is 23.1 Å². The summed E-state index contributed by atoms with van der Waals surface area (Å²) in [7, 11) is 3.08. The molecule has 1 aromatic carbocycles. The van der Waals surface area contributed by atoms with Crippen LogP contribution in [-0.4, -0.2) is 35.8 Å². The van der Waals surface area contributed by atoms with Gasteiger partial charge >= 0.3 is 0 Å². The Bertz CT molecular complexity index is 854. The maximum Gasteiger partial charge on any atom is 0.255 e. The van der Waals surface area contributed by atoms with Crippen LogP contribution in [0, 0.1) is 0 Å². The summed E-state index contributed by atoms with van der Waals surface area (Å²) in [6.07, 6.45) is 0. The number of nitrogens with zero attached hydrogens (tertiary/aromatic N) is 1. The predicted octanol–water partition coefficient (Wildman–Crippen LogP) is 2.26. The van der Waals surface area contributed by atoms with Gasteiger partial charge in [0.05, 0.1) is 31.4 Å². The molecule has 2 N–H and O–H groups in total. The fourth-order valence-electron chi connectivity index (χ4n) is 2.34. The van der Waals surface area contributed by atoms with Crippen molar-refractivity contribution in [2.75, 3.05) is 25.3 Å². The van der Waals surface area contributed by atoms with Crippen molar-refractivity contribution in [2.45, 2.75) is 16.7 Å². The van der Waals surface area contributed by atoms with Crippen molar-refractivity contribution < 1.29 is 14.3 Å². The zero-order chi connectivity index (χ0) is 17.8. The van der Waals surface area contributed by atoms with Gasteiger partial charge in [0.15, 0.2) is 5.16 Å². The number of carbonyl (C=O) groups excluding carboxylic acids is 1. The van der Waals surface area contributed by atoms with Gasteiger partial charge in [-0.3, -0.25) is 9.59 Å². The van der Waals surface area contributed by atoms with E-state index < -0.39 is 0 Å². The summed E-state index contributed by atoms with van der Waals surface area (Å²) in [5, 5.41) is 3.24. The van der Waals surface area contributed by atoms with E-state index in [9.17, 15) is 9.59 Å². The highest BCUT2D eigenvalue weighted by atomic mass is 32.2. The van der Waals surface area contributed by atoms with Gasteiger partial charge in [0.25, 0.3) is 5.56 Å². The molecule has 1 aromatic heterocycles. The Morgan fingerprint density at radius 3 is 2.96 bits per heavy atom. The number of ether oxygens (including phenoxy) is 2. The number of methoxy groups -OCH3 is 2. The third-order valence-electron chi connectivity index (χ3n) is 3.59. The lowest BCUT2D eigenvalue weighted by Gasteiger charge is -2.11. The number of thioether (sulfide) groups is 2. The number of nitrogens with one attached hydrogen (secondary N) is 2. The van der Waals surface area contributed by atoms with Crippen LogP contribution in [0.3, 0.4) is 0 Å². The van der Waals surface area contributed by atoms with Crippen molar-refractivity contribution in [3.63, 3.8) is 0 Å². The topological polar surface area (TPSA) is 93.3 Å². The van der Waals surface area contributed by atoms with Gasteiger partial charge in [0.2, 0.25) is 5.91 Å². The SMILES string of the molecule is COc1ccc(OC)c(NC(=O)CSc2nc3c(c(=O)[nH]2)CSC3)c1. The Morgan fingerprint density at radius 2 is 2.20 bits per heavy atom. The van der Waals surface area contributed by atoms with Crippen molar-refractivity contribution in [1.82, 2.24) is 9.97 Å². The molecule has 0 aliphatic carbocycles. The van der Waals surface area contributed by atoms with Crippen LogP contribution in [0.25, 0.3) is 0 Å². The number of hydrogen-bond acceptors (Lipinski definition) is 7. The number of H-pyrrole nitrogens is 1. The lowest BCUT2D eigenvalue weighted by atomic mass is 10.2. The minimum atomic E-state index is -0.228. The molecule has 0 bridgehead atoms. The first-order valence-electron chi connectivity index (χ1n) is 7.45. The first kappa shape index (κ1) is 17.7. The molecule has 0 saturated carbocycles. The Kier molecular flexibility index (Phi) is 5.54. The maximum atomic E-state index is 12.2. The first-order chi connectivity index (χ1) is 12.1. The van der Waals surface area contributed by atoms with Crippen LogP contribution in [-0.2, 0) is 16.3 Å². The van der Waals surface area contributed by atoms with Crippen molar-refractivity contribution >= 4 is 35.1 Å². The number of fused-ring (bicyclic) bond motifs is 1. The summed E-state index contributed by atoms with van der Waals surface area (Å²) >= 11 is 2.85. The number of rotatable bonds is 6. The number of carbonyl (C=O) groups is 1. The van der Waals surface area contributed by atoms with E-state index in [1.54, 1.807) is 37.1 Å². The van der Waals surface area contributed by atoms with Gasteiger partial charge in [-0.05, 0) is 12.1 Å². The third kappa shape index (κ3) is 4.10. The summed E-state index contributed by atoms with van der Waals surface area (Å²) < 4.78 is 10.4. The van der Waals surface area contributed by atoms with E-state index in [1.807, 2.05) is 0 Å². The van der Waals surface area contributed by atoms with Crippen LogP contribution in [0.4, 0.5) is 5.69 Å². The molecule has 25 heavy (non-hydrogen) atoms. The summed E-state index contributed by atoms with van der Waals surface area (Å²) in [6.45, 7) is 0. The molecule has 2 aromatic rings. The smallest absolute Gasteiger partial charge is 0.255 e. The van der Waals surface area contributed by atoms with Crippen molar-refractivity contribution in [2.24, 2.45) is 0 Å². The van der Waals surface area contributed by atoms with Crippen LogP contribution in [0.2, 0.25) is 0 Å². The molecule has 1 aliphatic heterocycles. The Morgan fingerprint density at radius 1 is 1.36 bits per heavy atom. The summed E-state index contributed by atoms with van der Waals surface area (Å²) in [5.41, 5.74) is 1.96. The van der Waals surface area contributed by atoms with Crippen LogP contribution < -0.4 is 20.3 Å². The summed E-state index contributed by atoms with van der Waals surface area (Å²) in [6, 6.07) is 5.16. The maximum absolute atomic E-state index is 12.2. The fourth-order valence-corrected chi connectivity index (χ4v) is 4.06. The molecule has 132 valence electrons. The van der Waals surface area contributed by atoms with Crippen LogP contribution >= 0.6 is 23.5 Å². The number of benzene rings is 1. The Hall–Kier alpha value is -2.13. The molecule has 7 nitrogen and oxygen atoms in total. The van der Waals surface area contributed by atoms with Crippen molar-refractivity contribution in [1.29, 1.82) is 0 Å². The van der Waals surface area contributed by atoms with Crippen molar-refractivity contribution in [3.8, 4) is 11.5 Å². The van der Waals surface area contributed by atoms with Gasteiger partial charge in [-0.1, -0.05) is 11.8 Å². The number of aromatic nitrogens is 2. The molecule has 0 atom stereocenters. The molecular formula is C16H17N3O4S2. The van der Waals surface area contributed by atoms with E-state index in [0.717, 1.165) is 17.0 Å². The highest BCUT2D eigenvalue weighted by Crippen LogP contribution is 2.29. The Labute approximate surface area is 152 Å². The van der Waals surface area contributed by atoms with E-state index in [-0.39, 0.29) is 17.2 Å². The van der Waals surface area contributed by atoms with E-state index >= 15 is 0 Å². The van der Waals surface area contributed by atoms with Crippen LogP contribution in [0.5, 0.6) is 11.5 Å². The fraction of sp³-hybridized carbons (Fsp3) is 0.312. The number of anilines is 1. The summed E-state index contributed by atoms with van der Waals surface area (Å²) in [5.74, 6) is 2.48. The van der Waals surface area contributed by atoms with Gasteiger partial charge in [-0.15, -0.1) is 0 Å². The van der Waals surface area contributed by atoms with Gasteiger partial charge in [0.1, 0.15) is 11.5 Å². The van der Waals surface area contributed by atoms with E-state index in [0.29, 0.717) is 28.1 Å². The number of hydrogen-bond donors (Lipinski definition) is 2. The molecule has 9 heteroatoms. The van der Waals surface area contributed by atoms with Crippen LogP contribution in [0.15, 0.2) is 28.2 Å². The first-order valence-corrected chi connectivity index (χ1v) is 9.59. The average Bonchev–Trinajstić information content (AvgIpc) is 3.09. The van der Waals surface area contributed by atoms with E-state index in [4.69, 9.17) is 9.47 Å². The van der Waals surface area contributed by atoms with Crippen molar-refractivity contribution in [3.05, 3.63) is 39.8 Å². The minimum Gasteiger partial charge on any atom is -0.497 e. The molecular weight excluding hydrogens is 362 g/mol. The quantitative estimate of drug-likeness (QED) is 0.587. The molecule has 0 spiro atoms. The lowest BCUT2D eigenvalue weighted by molar-refractivity contribution is -0.113. The zero-order valence-electron chi connectivity index (χ0n) is 13.8. The second-order valence-electron chi connectivity index (χ2n) is 5.19. The molecule has 0 radical (unpaired) electrons. The average molecular weight is 379 g/mol. The standard InChI is InChI=1S/C16H17N3O4S2/c1-22-9-3-4-13(23-2)11(5-9)17-14(20)8-25-16-18-12-7-24-6-10(12)15(21)19-16/h3-5H,6-8H2,1-2H3,(H,17,20)(H,18,19,21). The monoisotopic (exact) mass is 379 g/mol. The molecule has 2 heterocycles. The predicted molar refractivity (Wildman–Crippen MR) is 98.8 cm³/mol. The summed E-state index contributed by atoms with van der Waals surface area (Å²) in [4.78, 5) is 31.3. The highest BCUT2D eigenvalue weighted by molar-refractivity contribution is 7.99. The zero-order valence-corrected chi connectivity index (χ0v) is 15.4. The van der Waals surface area contributed by atoms with Gasteiger partial charge in [-0.2, -0.15) is 11.8 Å². The molecule has 0 fully saturated rings. The van der Waals surface area contributed by atoms with E-state index in [2.05, 4.69) is 15.3 Å². The van der Waals surface area contributed by atoms with Crippen LogP contribution in [0.1, 0.15) is 11.3 Å². The van der Waals surface area contributed by atoms with Gasteiger partial charge in [-0.25, -0.2) is 4.98 Å². The molecule has 1 amide bonds. The Balaban J connectivity index is 1.66. The molecule has 3 rings (SSSR count). The van der Waals surface area contributed by atoms with Gasteiger partial charge < -0.3 is 19.8 Å². The molecule has 0 unspecified atom stereocenters. The molecule has 0 saturated heterocycles. The highest BCUT2D eigenvalue weighted by Gasteiger charge is 2.18. The third-order valence-corrected chi connectivity index (χ3v) is 5.43. The number of aromatic amines is 1. The molecule has 1 aliphatic rings. The number of amides is 1. The second kappa shape index (κ2) is 7.83. The largest absolute Gasteiger partial charge is 0.497 e. The van der Waals surface area contributed by atoms with E-state index in [1.165, 1.54) is 18.9 Å². The normalized spacial score (nSPS) is 12.6.